The Morgan fingerprint density at radius 1 is 1.35 bits per heavy atom. The minimum Gasteiger partial charge on any atom is -0.414 e. The number of aryl methyl sites for hydroxylation is 2. The summed E-state index contributed by atoms with van der Waals surface area (Å²) in [6.07, 6.45) is 1.09. The molecule has 7 heteroatoms. The molecule has 0 spiro atoms. The second-order valence-corrected chi connectivity index (χ2v) is 6.55. The molecule has 1 N–H and O–H groups in total. The smallest absolute Gasteiger partial charge is 0.396 e. The van der Waals surface area contributed by atoms with Gasteiger partial charge in [0.05, 0.1) is 16.6 Å². The third kappa shape index (κ3) is 2.34. The van der Waals surface area contributed by atoms with Crippen molar-refractivity contribution in [2.45, 2.75) is 13.8 Å². The lowest BCUT2D eigenvalue weighted by Gasteiger charge is -2.09. The Hall–Kier alpha value is -1.34. The molecule has 0 aliphatic carbocycles. The third-order valence-electron chi connectivity index (χ3n) is 2.34. The molecule has 0 unspecified atom stereocenters. The first kappa shape index (κ1) is 12.1. The Balaban J connectivity index is 2.75. The summed E-state index contributed by atoms with van der Waals surface area (Å²) in [5.41, 5.74) is 2.44. The molecule has 0 amide bonds. The van der Waals surface area contributed by atoms with Crippen LogP contribution in [-0.2, 0) is 10.0 Å². The Bertz CT molecular complexity index is 739. The van der Waals surface area contributed by atoms with Gasteiger partial charge in [-0.3, -0.25) is 4.72 Å². The van der Waals surface area contributed by atoms with Gasteiger partial charge in [-0.15, -0.1) is 0 Å². The minimum absolute atomic E-state index is 0.386. The summed E-state index contributed by atoms with van der Waals surface area (Å²) >= 11 is 0.976. The summed E-state index contributed by atoms with van der Waals surface area (Å²) in [6.45, 7) is 3.52. The molecule has 0 aliphatic rings. The summed E-state index contributed by atoms with van der Waals surface area (Å²) in [7, 11) is -3.33. The van der Waals surface area contributed by atoms with Gasteiger partial charge in [-0.2, -0.15) is 0 Å². The van der Waals surface area contributed by atoms with Crippen molar-refractivity contribution >= 4 is 37.3 Å². The Kier molecular flexibility index (Phi) is 2.75. The predicted octanol–water partition coefficient (Wildman–Crippen LogP) is 1.84. The summed E-state index contributed by atoms with van der Waals surface area (Å²) < 4.78 is 30.6. The fourth-order valence-electron chi connectivity index (χ4n) is 1.60. The predicted molar refractivity (Wildman–Crippen MR) is 68.3 cm³/mol. The zero-order chi connectivity index (χ0) is 12.8. The van der Waals surface area contributed by atoms with Gasteiger partial charge < -0.3 is 4.42 Å². The maximum absolute atomic E-state index is 11.2. The van der Waals surface area contributed by atoms with E-state index in [1.165, 1.54) is 0 Å². The Morgan fingerprint density at radius 2 is 2.00 bits per heavy atom. The van der Waals surface area contributed by atoms with Crippen LogP contribution in [0.15, 0.2) is 15.3 Å². The maximum atomic E-state index is 11.2. The van der Waals surface area contributed by atoms with Crippen LogP contribution in [0.1, 0.15) is 11.1 Å². The second kappa shape index (κ2) is 3.85. The van der Waals surface area contributed by atoms with Crippen LogP contribution in [0, 0.1) is 13.8 Å². The highest BCUT2D eigenvalue weighted by Crippen LogP contribution is 2.31. The van der Waals surface area contributed by atoms with Crippen molar-refractivity contribution in [3.8, 4) is 0 Å². The van der Waals surface area contributed by atoms with E-state index in [1.54, 1.807) is 19.9 Å². The Morgan fingerprint density at radius 3 is 2.59 bits per heavy atom. The van der Waals surface area contributed by atoms with E-state index >= 15 is 0 Å². The van der Waals surface area contributed by atoms with Crippen molar-refractivity contribution in [3.63, 3.8) is 0 Å². The standard InChI is InChI=1S/C10H11NO4S2/c1-5-4-7(11-17(3,13)14)6(2)9-8(5)15-10(12)16-9/h4,11H,1-3H3. The molecule has 0 radical (unpaired) electrons. The maximum Gasteiger partial charge on any atom is 0.396 e. The van der Waals surface area contributed by atoms with Gasteiger partial charge in [-0.25, -0.2) is 13.2 Å². The van der Waals surface area contributed by atoms with Gasteiger partial charge in [0.1, 0.15) is 0 Å². The van der Waals surface area contributed by atoms with E-state index in [4.69, 9.17) is 4.42 Å². The summed E-state index contributed by atoms with van der Waals surface area (Å²) in [5.74, 6) is 0. The number of benzene rings is 1. The molecule has 0 bridgehead atoms. The minimum atomic E-state index is -3.33. The molecular formula is C10H11NO4S2. The first-order valence-electron chi connectivity index (χ1n) is 4.79. The molecule has 2 aromatic rings. The molecule has 0 saturated heterocycles. The molecule has 1 aromatic carbocycles. The zero-order valence-electron chi connectivity index (χ0n) is 9.53. The zero-order valence-corrected chi connectivity index (χ0v) is 11.2. The van der Waals surface area contributed by atoms with Crippen LogP contribution in [0.4, 0.5) is 5.69 Å². The van der Waals surface area contributed by atoms with E-state index in [9.17, 15) is 13.2 Å². The highest BCUT2D eigenvalue weighted by Gasteiger charge is 2.14. The molecule has 0 aliphatic heterocycles. The molecule has 1 heterocycles. The van der Waals surface area contributed by atoms with E-state index in [1.807, 2.05) is 0 Å². The molecule has 17 heavy (non-hydrogen) atoms. The fourth-order valence-corrected chi connectivity index (χ4v) is 3.07. The van der Waals surface area contributed by atoms with Crippen LogP contribution < -0.4 is 9.66 Å². The van der Waals surface area contributed by atoms with Crippen molar-refractivity contribution in [2.75, 3.05) is 11.0 Å². The van der Waals surface area contributed by atoms with Gasteiger partial charge in [-0.05, 0) is 31.0 Å². The van der Waals surface area contributed by atoms with Crippen LogP contribution in [0.25, 0.3) is 10.3 Å². The fraction of sp³-hybridized carbons (Fsp3) is 0.300. The van der Waals surface area contributed by atoms with E-state index in [0.717, 1.165) is 23.2 Å². The number of anilines is 1. The average molecular weight is 273 g/mol. The molecule has 5 nitrogen and oxygen atoms in total. The van der Waals surface area contributed by atoms with Crippen LogP contribution in [-0.4, -0.2) is 14.7 Å². The number of nitrogens with one attached hydrogen (secondary N) is 1. The first-order valence-corrected chi connectivity index (χ1v) is 7.50. The summed E-state index contributed by atoms with van der Waals surface area (Å²) in [4.78, 5) is 10.8. The summed E-state index contributed by atoms with van der Waals surface area (Å²) in [5, 5.41) is 0. The number of hydrogen-bond donors (Lipinski definition) is 1. The first-order chi connectivity index (χ1) is 7.78. The van der Waals surface area contributed by atoms with Crippen molar-refractivity contribution < 1.29 is 12.8 Å². The second-order valence-electron chi connectivity index (χ2n) is 3.85. The SMILES string of the molecule is Cc1cc(NS(C)(=O)=O)c(C)c2sc(=O)oc12. The topological polar surface area (TPSA) is 76.4 Å². The van der Waals surface area contributed by atoms with Crippen LogP contribution in [0.5, 0.6) is 0 Å². The van der Waals surface area contributed by atoms with Crippen molar-refractivity contribution in [1.29, 1.82) is 0 Å². The van der Waals surface area contributed by atoms with Crippen LogP contribution in [0.2, 0.25) is 0 Å². The number of fused-ring (bicyclic) bond motifs is 1. The van der Waals surface area contributed by atoms with Crippen molar-refractivity contribution in [2.24, 2.45) is 0 Å². The van der Waals surface area contributed by atoms with E-state index < -0.39 is 10.0 Å². The molecule has 92 valence electrons. The van der Waals surface area contributed by atoms with Gasteiger partial charge in [0.2, 0.25) is 10.0 Å². The highest BCUT2D eigenvalue weighted by atomic mass is 32.2. The van der Waals surface area contributed by atoms with Crippen LogP contribution >= 0.6 is 11.3 Å². The Labute approximate surface area is 102 Å². The highest BCUT2D eigenvalue weighted by molar-refractivity contribution is 7.92. The van der Waals surface area contributed by atoms with Crippen molar-refractivity contribution in [1.82, 2.24) is 0 Å². The molecule has 2 rings (SSSR count). The largest absolute Gasteiger partial charge is 0.414 e. The average Bonchev–Trinajstić information content (AvgIpc) is 2.54. The lowest BCUT2D eigenvalue weighted by molar-refractivity contribution is 0.583. The van der Waals surface area contributed by atoms with Gasteiger partial charge >= 0.3 is 4.94 Å². The molecule has 0 saturated carbocycles. The monoisotopic (exact) mass is 273 g/mol. The van der Waals surface area contributed by atoms with E-state index in [2.05, 4.69) is 4.72 Å². The molecule has 1 aromatic heterocycles. The quantitative estimate of drug-likeness (QED) is 0.905. The van der Waals surface area contributed by atoms with Gasteiger partial charge in [-0.1, -0.05) is 11.3 Å². The van der Waals surface area contributed by atoms with E-state index in [0.29, 0.717) is 21.5 Å². The lowest BCUT2D eigenvalue weighted by atomic mass is 10.1. The normalized spacial score (nSPS) is 11.9. The summed E-state index contributed by atoms with van der Waals surface area (Å²) in [6, 6.07) is 1.66. The van der Waals surface area contributed by atoms with Crippen molar-refractivity contribution in [3.05, 3.63) is 26.9 Å². The third-order valence-corrected chi connectivity index (χ3v) is 3.87. The number of sulfonamides is 1. The molecule has 0 fully saturated rings. The van der Waals surface area contributed by atoms with Gasteiger partial charge in [0.15, 0.2) is 5.58 Å². The molecule has 0 atom stereocenters. The van der Waals surface area contributed by atoms with Gasteiger partial charge in [0, 0.05) is 0 Å². The number of hydrogen-bond acceptors (Lipinski definition) is 5. The lowest BCUT2D eigenvalue weighted by Crippen LogP contribution is -2.10. The van der Waals surface area contributed by atoms with Gasteiger partial charge in [0.25, 0.3) is 0 Å². The van der Waals surface area contributed by atoms with Crippen LogP contribution in [0.3, 0.4) is 0 Å². The van der Waals surface area contributed by atoms with E-state index in [-0.39, 0.29) is 4.94 Å². The molecular weight excluding hydrogens is 262 g/mol. The number of rotatable bonds is 2.